The van der Waals surface area contributed by atoms with Crippen molar-refractivity contribution < 1.29 is 4.79 Å². The van der Waals surface area contributed by atoms with Gasteiger partial charge in [-0.2, -0.15) is 0 Å². The quantitative estimate of drug-likeness (QED) is 0.799. The summed E-state index contributed by atoms with van der Waals surface area (Å²) in [7, 11) is 4.11. The summed E-state index contributed by atoms with van der Waals surface area (Å²) in [6, 6.07) is 8.07. The van der Waals surface area contributed by atoms with Crippen LogP contribution in [0.25, 0.3) is 0 Å². The van der Waals surface area contributed by atoms with Crippen LogP contribution in [0.1, 0.15) is 37.8 Å². The highest BCUT2D eigenvalue weighted by molar-refractivity contribution is 5.81. The minimum absolute atomic E-state index is 0.0525. The Morgan fingerprint density at radius 1 is 1.10 bits per heavy atom. The number of hydrogen-bond acceptors (Lipinski definition) is 3. The first-order chi connectivity index (χ1) is 9.97. The number of nitrogens with two attached hydrogens (primary N) is 1. The first kappa shape index (κ1) is 17.7. The van der Waals surface area contributed by atoms with E-state index in [1.54, 1.807) is 0 Å². The Morgan fingerprint density at radius 3 is 2.05 bits per heavy atom. The SMILES string of the molecule is CCCC(N)C(=O)N(CC)Cc1ccc(CN(C)C)cc1. The van der Waals surface area contributed by atoms with Gasteiger partial charge in [0, 0.05) is 19.6 Å². The number of nitrogens with zero attached hydrogens (tertiary/aromatic N) is 2. The van der Waals surface area contributed by atoms with Crippen molar-refractivity contribution in [2.45, 2.75) is 45.8 Å². The van der Waals surface area contributed by atoms with Gasteiger partial charge >= 0.3 is 0 Å². The smallest absolute Gasteiger partial charge is 0.239 e. The third-order valence-electron chi connectivity index (χ3n) is 3.51. The van der Waals surface area contributed by atoms with Crippen LogP contribution in [-0.4, -0.2) is 42.4 Å². The van der Waals surface area contributed by atoms with Crippen molar-refractivity contribution in [2.75, 3.05) is 20.6 Å². The molecular formula is C17H29N3O. The topological polar surface area (TPSA) is 49.6 Å². The molecule has 1 atom stereocenters. The van der Waals surface area contributed by atoms with E-state index in [1.807, 2.05) is 18.7 Å². The number of rotatable bonds is 8. The highest BCUT2D eigenvalue weighted by Gasteiger charge is 2.19. The van der Waals surface area contributed by atoms with Gasteiger partial charge in [-0.05, 0) is 38.6 Å². The molecule has 0 fully saturated rings. The van der Waals surface area contributed by atoms with Crippen LogP contribution >= 0.6 is 0 Å². The molecule has 1 aromatic rings. The molecule has 1 unspecified atom stereocenters. The fraction of sp³-hybridized carbons (Fsp3) is 0.588. The Kier molecular flexibility index (Phi) is 7.40. The Labute approximate surface area is 128 Å². The van der Waals surface area contributed by atoms with Crippen LogP contribution in [0.5, 0.6) is 0 Å². The van der Waals surface area contributed by atoms with E-state index in [-0.39, 0.29) is 11.9 Å². The van der Waals surface area contributed by atoms with E-state index >= 15 is 0 Å². The largest absolute Gasteiger partial charge is 0.337 e. The minimum Gasteiger partial charge on any atom is -0.337 e. The number of likely N-dealkylation sites (N-methyl/N-ethyl adjacent to an activating group) is 1. The van der Waals surface area contributed by atoms with Crippen molar-refractivity contribution in [1.82, 2.24) is 9.80 Å². The molecule has 0 spiro atoms. The summed E-state index contributed by atoms with van der Waals surface area (Å²) in [6.45, 7) is 6.30. The molecule has 1 rings (SSSR count). The molecule has 0 radical (unpaired) electrons. The molecule has 0 aliphatic carbocycles. The van der Waals surface area contributed by atoms with Crippen molar-refractivity contribution in [3.05, 3.63) is 35.4 Å². The van der Waals surface area contributed by atoms with Crippen LogP contribution in [0.15, 0.2) is 24.3 Å². The highest BCUT2D eigenvalue weighted by atomic mass is 16.2. The van der Waals surface area contributed by atoms with Gasteiger partial charge < -0.3 is 15.5 Å². The molecule has 21 heavy (non-hydrogen) atoms. The molecule has 0 saturated heterocycles. The number of carbonyl (C=O) groups is 1. The normalized spacial score (nSPS) is 12.5. The molecule has 118 valence electrons. The maximum absolute atomic E-state index is 12.3. The molecule has 4 heteroatoms. The fourth-order valence-electron chi connectivity index (χ4n) is 2.35. The number of hydrogen-bond donors (Lipinski definition) is 1. The van der Waals surface area contributed by atoms with Gasteiger partial charge in [-0.3, -0.25) is 4.79 Å². The number of carbonyl (C=O) groups excluding carboxylic acids is 1. The molecule has 0 heterocycles. The van der Waals surface area contributed by atoms with Gasteiger partial charge in [0.2, 0.25) is 5.91 Å². The molecule has 0 aliphatic rings. The predicted octanol–water partition coefficient (Wildman–Crippen LogP) is 2.22. The van der Waals surface area contributed by atoms with Gasteiger partial charge in [-0.15, -0.1) is 0 Å². The van der Waals surface area contributed by atoms with E-state index in [0.29, 0.717) is 13.1 Å². The van der Waals surface area contributed by atoms with E-state index < -0.39 is 0 Å². The Bertz CT molecular complexity index is 428. The summed E-state index contributed by atoms with van der Waals surface area (Å²) in [5.41, 5.74) is 8.37. The fourth-order valence-corrected chi connectivity index (χ4v) is 2.35. The molecule has 1 amide bonds. The van der Waals surface area contributed by atoms with E-state index in [0.717, 1.165) is 24.9 Å². The summed E-state index contributed by atoms with van der Waals surface area (Å²) in [5.74, 6) is 0.0525. The second-order valence-electron chi connectivity index (χ2n) is 5.80. The summed E-state index contributed by atoms with van der Waals surface area (Å²) < 4.78 is 0. The van der Waals surface area contributed by atoms with Crippen molar-refractivity contribution >= 4 is 5.91 Å². The van der Waals surface area contributed by atoms with Gasteiger partial charge in [0.05, 0.1) is 6.04 Å². The van der Waals surface area contributed by atoms with E-state index in [1.165, 1.54) is 5.56 Å². The summed E-state index contributed by atoms with van der Waals surface area (Å²) in [4.78, 5) is 16.2. The summed E-state index contributed by atoms with van der Waals surface area (Å²) in [6.07, 6.45) is 1.68. The average molecular weight is 291 g/mol. The lowest BCUT2D eigenvalue weighted by Gasteiger charge is -2.24. The second-order valence-corrected chi connectivity index (χ2v) is 5.80. The Balaban J connectivity index is 2.66. The molecule has 2 N–H and O–H groups in total. The van der Waals surface area contributed by atoms with Gasteiger partial charge in [0.1, 0.15) is 0 Å². The molecule has 4 nitrogen and oxygen atoms in total. The van der Waals surface area contributed by atoms with Gasteiger partial charge in [0.25, 0.3) is 0 Å². The summed E-state index contributed by atoms with van der Waals surface area (Å²) >= 11 is 0. The highest BCUT2D eigenvalue weighted by Crippen LogP contribution is 2.10. The predicted molar refractivity (Wildman–Crippen MR) is 87.8 cm³/mol. The van der Waals surface area contributed by atoms with Crippen molar-refractivity contribution in [2.24, 2.45) is 5.73 Å². The lowest BCUT2D eigenvalue weighted by atomic mass is 10.1. The van der Waals surface area contributed by atoms with Crippen LogP contribution in [0.4, 0.5) is 0 Å². The zero-order valence-electron chi connectivity index (χ0n) is 13.8. The maximum Gasteiger partial charge on any atom is 0.239 e. The van der Waals surface area contributed by atoms with Crippen LogP contribution < -0.4 is 5.73 Å². The van der Waals surface area contributed by atoms with E-state index in [4.69, 9.17) is 5.73 Å². The zero-order valence-corrected chi connectivity index (χ0v) is 13.8. The standard InChI is InChI=1S/C17H29N3O/c1-5-7-16(18)17(21)20(6-2)13-15-10-8-14(9-11-15)12-19(3)4/h8-11,16H,5-7,12-13,18H2,1-4H3. The van der Waals surface area contributed by atoms with E-state index in [2.05, 4.69) is 43.3 Å². The van der Waals surface area contributed by atoms with E-state index in [9.17, 15) is 4.79 Å². The van der Waals surface area contributed by atoms with Crippen LogP contribution in [0.3, 0.4) is 0 Å². The second kappa shape index (κ2) is 8.80. The molecule has 0 aromatic heterocycles. The minimum atomic E-state index is -0.372. The molecule has 0 saturated carbocycles. The lowest BCUT2D eigenvalue weighted by molar-refractivity contribution is -0.133. The zero-order chi connectivity index (χ0) is 15.8. The van der Waals surface area contributed by atoms with Crippen molar-refractivity contribution in [3.63, 3.8) is 0 Å². The average Bonchev–Trinajstić information content (AvgIpc) is 2.45. The first-order valence-electron chi connectivity index (χ1n) is 7.74. The Morgan fingerprint density at radius 2 is 1.62 bits per heavy atom. The summed E-state index contributed by atoms with van der Waals surface area (Å²) in [5, 5.41) is 0. The van der Waals surface area contributed by atoms with Crippen LogP contribution in [0, 0.1) is 0 Å². The molecule has 0 bridgehead atoms. The van der Waals surface area contributed by atoms with Gasteiger partial charge in [0.15, 0.2) is 0 Å². The van der Waals surface area contributed by atoms with Gasteiger partial charge in [-0.1, -0.05) is 37.6 Å². The van der Waals surface area contributed by atoms with Crippen LogP contribution in [0.2, 0.25) is 0 Å². The maximum atomic E-state index is 12.3. The van der Waals surface area contributed by atoms with Crippen molar-refractivity contribution in [3.8, 4) is 0 Å². The molecular weight excluding hydrogens is 262 g/mol. The monoisotopic (exact) mass is 291 g/mol. The molecule has 0 aliphatic heterocycles. The first-order valence-corrected chi connectivity index (χ1v) is 7.74. The van der Waals surface area contributed by atoms with Crippen molar-refractivity contribution in [1.29, 1.82) is 0 Å². The third-order valence-corrected chi connectivity index (χ3v) is 3.51. The lowest BCUT2D eigenvalue weighted by Crippen LogP contribution is -2.43. The third kappa shape index (κ3) is 5.86. The number of amides is 1. The molecule has 1 aromatic carbocycles. The number of benzene rings is 1. The van der Waals surface area contributed by atoms with Crippen LogP contribution in [-0.2, 0) is 17.9 Å². The van der Waals surface area contributed by atoms with Gasteiger partial charge in [-0.25, -0.2) is 0 Å². The Hall–Kier alpha value is -1.39.